The van der Waals surface area contributed by atoms with Crippen LogP contribution in [0.3, 0.4) is 0 Å². The maximum Gasteiger partial charge on any atom is 0.341 e. The van der Waals surface area contributed by atoms with E-state index in [0.717, 1.165) is 12.0 Å². The number of hydrogen-bond acceptors (Lipinski definition) is 7. The van der Waals surface area contributed by atoms with E-state index in [1.807, 2.05) is 19.1 Å². The molecule has 2 aromatic rings. The fourth-order valence-electron chi connectivity index (χ4n) is 2.90. The number of thiophene rings is 1. The molecule has 1 aliphatic carbocycles. The molecule has 1 aromatic heterocycles. The number of benzene rings is 1. The van der Waals surface area contributed by atoms with E-state index in [9.17, 15) is 14.4 Å². The van der Waals surface area contributed by atoms with Crippen LogP contribution in [0.4, 0.5) is 5.00 Å². The summed E-state index contributed by atoms with van der Waals surface area (Å²) in [5.74, 6) is -0.490. The minimum Gasteiger partial charge on any atom is -0.497 e. The first kappa shape index (κ1) is 20.9. The predicted molar refractivity (Wildman–Crippen MR) is 109 cm³/mol. The Morgan fingerprint density at radius 1 is 1.17 bits per heavy atom. The summed E-state index contributed by atoms with van der Waals surface area (Å²) in [6.07, 6.45) is 0.795. The Balaban J connectivity index is 1.76. The number of carbonyl (C=O) groups excluding carboxylic acids is 3. The highest BCUT2D eigenvalue weighted by atomic mass is 32.1. The third kappa shape index (κ3) is 4.95. The molecule has 1 amide bonds. The first-order valence-electron chi connectivity index (χ1n) is 9.34. The fourth-order valence-corrected chi connectivity index (χ4v) is 3.87. The van der Waals surface area contributed by atoms with Crippen molar-refractivity contribution in [2.45, 2.75) is 20.3 Å². The summed E-state index contributed by atoms with van der Waals surface area (Å²) in [4.78, 5) is 36.6. The molecule has 3 rings (SSSR count). The van der Waals surface area contributed by atoms with Gasteiger partial charge < -0.3 is 19.5 Å². The summed E-state index contributed by atoms with van der Waals surface area (Å²) in [6, 6.07) is 7.23. The van der Waals surface area contributed by atoms with Crippen molar-refractivity contribution in [2.24, 2.45) is 11.8 Å². The Kier molecular flexibility index (Phi) is 6.53. The van der Waals surface area contributed by atoms with Crippen LogP contribution in [-0.4, -0.2) is 38.2 Å². The van der Waals surface area contributed by atoms with Crippen LogP contribution in [-0.2, 0) is 19.1 Å². The molecule has 1 heterocycles. The van der Waals surface area contributed by atoms with Crippen LogP contribution >= 0.6 is 11.3 Å². The number of carbonyl (C=O) groups is 3. The van der Waals surface area contributed by atoms with E-state index in [-0.39, 0.29) is 30.7 Å². The molecular weight excluding hydrogens is 394 g/mol. The van der Waals surface area contributed by atoms with Gasteiger partial charge in [0.25, 0.3) is 5.91 Å². The average molecular weight is 417 g/mol. The number of ether oxygens (including phenoxy) is 3. The van der Waals surface area contributed by atoms with Crippen molar-refractivity contribution >= 4 is 34.2 Å². The van der Waals surface area contributed by atoms with Crippen molar-refractivity contribution in [3.05, 3.63) is 35.2 Å². The van der Waals surface area contributed by atoms with E-state index in [1.54, 1.807) is 31.5 Å². The van der Waals surface area contributed by atoms with Crippen molar-refractivity contribution in [3.8, 4) is 16.9 Å². The third-order valence-electron chi connectivity index (χ3n) is 4.68. The second-order valence-corrected chi connectivity index (χ2v) is 7.66. The summed E-state index contributed by atoms with van der Waals surface area (Å²) < 4.78 is 15.4. The van der Waals surface area contributed by atoms with E-state index in [0.29, 0.717) is 22.2 Å². The van der Waals surface area contributed by atoms with Crippen LogP contribution in [0.2, 0.25) is 0 Å². The molecular formula is C21H23NO6S. The zero-order valence-corrected chi connectivity index (χ0v) is 17.3. The molecule has 8 heteroatoms. The molecule has 1 aliphatic rings. The van der Waals surface area contributed by atoms with E-state index in [1.165, 1.54) is 11.3 Å². The van der Waals surface area contributed by atoms with Crippen LogP contribution in [0.5, 0.6) is 5.75 Å². The highest BCUT2D eigenvalue weighted by Gasteiger charge is 2.40. The maximum absolute atomic E-state index is 12.5. The number of anilines is 1. The Morgan fingerprint density at radius 2 is 1.86 bits per heavy atom. The summed E-state index contributed by atoms with van der Waals surface area (Å²) in [6.45, 7) is 3.50. The van der Waals surface area contributed by atoms with Crippen LogP contribution in [0.25, 0.3) is 11.1 Å². The Hall–Kier alpha value is -2.87. The number of rotatable bonds is 8. The third-order valence-corrected chi connectivity index (χ3v) is 5.58. The second-order valence-electron chi connectivity index (χ2n) is 6.78. The van der Waals surface area contributed by atoms with Gasteiger partial charge in [-0.25, -0.2) is 4.79 Å². The summed E-state index contributed by atoms with van der Waals surface area (Å²) in [7, 11) is 1.58. The summed E-state index contributed by atoms with van der Waals surface area (Å²) in [5, 5.41) is 4.80. The largest absolute Gasteiger partial charge is 0.497 e. The quantitative estimate of drug-likeness (QED) is 0.658. The second kappa shape index (κ2) is 9.09. The molecule has 1 aromatic carbocycles. The molecule has 0 radical (unpaired) electrons. The van der Waals surface area contributed by atoms with Crippen LogP contribution in [0.15, 0.2) is 29.6 Å². The van der Waals surface area contributed by atoms with Gasteiger partial charge in [-0.05, 0) is 37.0 Å². The lowest BCUT2D eigenvalue weighted by atomic mass is 10.0. The van der Waals surface area contributed by atoms with Gasteiger partial charge in [0, 0.05) is 10.9 Å². The maximum atomic E-state index is 12.5. The van der Waals surface area contributed by atoms with Gasteiger partial charge >= 0.3 is 11.9 Å². The smallest absolute Gasteiger partial charge is 0.341 e. The Morgan fingerprint density at radius 3 is 2.45 bits per heavy atom. The highest BCUT2D eigenvalue weighted by Crippen LogP contribution is 2.39. The molecule has 0 spiro atoms. The van der Waals surface area contributed by atoms with Gasteiger partial charge in [0.2, 0.25) is 0 Å². The van der Waals surface area contributed by atoms with Gasteiger partial charge in [0.05, 0.1) is 19.6 Å². The van der Waals surface area contributed by atoms with Crippen molar-refractivity contribution in [2.75, 3.05) is 25.6 Å². The Bertz CT molecular complexity index is 904. The van der Waals surface area contributed by atoms with E-state index in [2.05, 4.69) is 5.32 Å². The molecule has 2 atom stereocenters. The van der Waals surface area contributed by atoms with Gasteiger partial charge in [-0.3, -0.25) is 9.59 Å². The zero-order chi connectivity index (χ0) is 21.0. The lowest BCUT2D eigenvalue weighted by molar-refractivity contribution is -0.148. The minimum absolute atomic E-state index is 0.110. The molecule has 154 valence electrons. The van der Waals surface area contributed by atoms with Crippen LogP contribution in [0, 0.1) is 11.8 Å². The molecule has 29 heavy (non-hydrogen) atoms. The number of esters is 2. The van der Waals surface area contributed by atoms with Crippen molar-refractivity contribution < 1.29 is 28.6 Å². The number of nitrogens with one attached hydrogen (secondary N) is 1. The summed E-state index contributed by atoms with van der Waals surface area (Å²) >= 11 is 1.21. The highest BCUT2D eigenvalue weighted by molar-refractivity contribution is 7.15. The Labute approximate surface area is 173 Å². The minimum atomic E-state index is -0.529. The predicted octanol–water partition coefficient (Wildman–Crippen LogP) is 3.74. The SMILES string of the molecule is CCOC(=O)c1c(-c2ccc(OC)cc2)csc1NC(=O)COC(=O)[C@@H]1C[C@H]1C. The molecule has 7 nitrogen and oxygen atoms in total. The van der Waals surface area contributed by atoms with Gasteiger partial charge in [-0.1, -0.05) is 19.1 Å². The molecule has 0 bridgehead atoms. The van der Waals surface area contributed by atoms with Gasteiger partial charge in [-0.2, -0.15) is 0 Å². The first-order chi connectivity index (χ1) is 13.9. The lowest BCUT2D eigenvalue weighted by Crippen LogP contribution is -2.22. The van der Waals surface area contributed by atoms with Crippen LogP contribution < -0.4 is 10.1 Å². The van der Waals surface area contributed by atoms with E-state index in [4.69, 9.17) is 14.2 Å². The van der Waals surface area contributed by atoms with Gasteiger partial charge in [0.15, 0.2) is 6.61 Å². The standard InChI is InChI=1S/C21H23NO6S/c1-4-27-21(25)18-16(13-5-7-14(26-3)8-6-13)11-29-19(18)22-17(23)10-28-20(24)15-9-12(15)2/h5-8,11-12,15H,4,9-10H2,1-3H3,(H,22,23)/t12-,15-/m1/s1. The number of hydrogen-bond donors (Lipinski definition) is 1. The normalized spacial score (nSPS) is 17.3. The molecule has 1 N–H and O–H groups in total. The van der Waals surface area contributed by atoms with E-state index < -0.39 is 11.9 Å². The lowest BCUT2D eigenvalue weighted by Gasteiger charge is -2.09. The fraction of sp³-hybridized carbons (Fsp3) is 0.381. The molecule has 0 unspecified atom stereocenters. The number of methoxy groups -OCH3 is 1. The van der Waals surface area contributed by atoms with Crippen molar-refractivity contribution in [1.82, 2.24) is 0 Å². The van der Waals surface area contributed by atoms with Gasteiger partial charge in [-0.15, -0.1) is 11.3 Å². The molecule has 0 aliphatic heterocycles. The molecule has 0 saturated heterocycles. The van der Waals surface area contributed by atoms with Crippen molar-refractivity contribution in [1.29, 1.82) is 0 Å². The summed E-state index contributed by atoms with van der Waals surface area (Å²) in [5.41, 5.74) is 1.72. The van der Waals surface area contributed by atoms with Crippen LogP contribution in [0.1, 0.15) is 30.6 Å². The number of amides is 1. The first-order valence-corrected chi connectivity index (χ1v) is 10.2. The van der Waals surface area contributed by atoms with Gasteiger partial charge in [0.1, 0.15) is 16.3 Å². The van der Waals surface area contributed by atoms with E-state index >= 15 is 0 Å². The molecule has 1 saturated carbocycles. The monoisotopic (exact) mass is 417 g/mol. The average Bonchev–Trinajstić information content (AvgIpc) is 3.31. The molecule has 1 fully saturated rings. The van der Waals surface area contributed by atoms with Crippen molar-refractivity contribution in [3.63, 3.8) is 0 Å². The zero-order valence-electron chi connectivity index (χ0n) is 16.5. The topological polar surface area (TPSA) is 90.9 Å².